The normalized spacial score (nSPS) is 8.57. The topological polar surface area (TPSA) is 0 Å². The first-order valence-electron chi connectivity index (χ1n) is 6.50. The van der Waals surface area contributed by atoms with Gasteiger partial charge in [-0.25, -0.2) is 0 Å². The average Bonchev–Trinajstić information content (AvgIpc) is 2.26. The average molecular weight is 204 g/mol. The molecule has 0 amide bonds. The van der Waals surface area contributed by atoms with Gasteiger partial charge in [0.2, 0.25) is 0 Å². The molecule has 0 unspecified atom stereocenters. The van der Waals surface area contributed by atoms with Crippen LogP contribution in [0.1, 0.15) is 82.6 Å². The van der Waals surface area contributed by atoms with Gasteiger partial charge in [0.1, 0.15) is 0 Å². The quantitative estimate of drug-likeness (QED) is 0.505. The first-order valence-corrected chi connectivity index (χ1v) is 6.50. The van der Waals surface area contributed by atoms with Crippen molar-refractivity contribution in [1.82, 2.24) is 0 Å². The van der Waals surface area contributed by atoms with Gasteiger partial charge in [-0.1, -0.05) is 82.6 Å². The minimum absolute atomic E-state index is 0.542. The maximum Gasteiger partial charge on any atom is -0.0334 e. The van der Waals surface area contributed by atoms with E-state index in [0.717, 1.165) is 5.92 Å². The Morgan fingerprint density at radius 2 is 1.00 bits per heavy atom. The molecular formula is C14H36. The summed E-state index contributed by atoms with van der Waals surface area (Å²) in [6, 6.07) is 0. The standard InChI is InChI=1S/C8H18.3C2H6/c1-6-8(4,5)7(2)3;3*1-2/h7H,6H2,1-5H3;3*1-2H3. The molecule has 0 rings (SSSR count). The highest BCUT2D eigenvalue weighted by Crippen LogP contribution is 2.28. The molecule has 0 heterocycles. The van der Waals surface area contributed by atoms with Gasteiger partial charge >= 0.3 is 0 Å². The molecule has 0 saturated carbocycles. The lowest BCUT2D eigenvalue weighted by Crippen LogP contribution is -2.17. The van der Waals surface area contributed by atoms with Crippen molar-refractivity contribution < 1.29 is 0 Å². The van der Waals surface area contributed by atoms with E-state index in [1.165, 1.54) is 6.42 Å². The third-order valence-electron chi connectivity index (χ3n) is 2.47. The fourth-order valence-electron chi connectivity index (χ4n) is 0.408. The fraction of sp³-hybridized carbons (Fsp3) is 1.00. The van der Waals surface area contributed by atoms with Crippen LogP contribution in [0.3, 0.4) is 0 Å². The van der Waals surface area contributed by atoms with Crippen molar-refractivity contribution in [2.75, 3.05) is 0 Å². The van der Waals surface area contributed by atoms with Gasteiger partial charge in [0.25, 0.3) is 0 Å². The molecule has 0 radical (unpaired) electrons. The van der Waals surface area contributed by atoms with Crippen molar-refractivity contribution in [3.63, 3.8) is 0 Å². The fourth-order valence-corrected chi connectivity index (χ4v) is 0.408. The van der Waals surface area contributed by atoms with Crippen LogP contribution in [-0.4, -0.2) is 0 Å². The molecule has 0 saturated heterocycles. The maximum absolute atomic E-state index is 2.32. The second kappa shape index (κ2) is 18.7. The molecule has 0 aliphatic heterocycles. The van der Waals surface area contributed by atoms with E-state index in [1.807, 2.05) is 41.5 Å². The van der Waals surface area contributed by atoms with Crippen molar-refractivity contribution in [2.45, 2.75) is 82.6 Å². The molecule has 0 nitrogen and oxygen atoms in total. The van der Waals surface area contributed by atoms with Gasteiger partial charge in [-0.05, 0) is 11.3 Å². The maximum atomic E-state index is 2.32. The minimum Gasteiger partial charge on any atom is -0.0683 e. The van der Waals surface area contributed by atoms with Gasteiger partial charge in [-0.3, -0.25) is 0 Å². The monoisotopic (exact) mass is 204 g/mol. The van der Waals surface area contributed by atoms with E-state index < -0.39 is 0 Å². The Labute approximate surface area is 94.5 Å². The zero-order valence-corrected chi connectivity index (χ0v) is 12.8. The number of hydrogen-bond acceptors (Lipinski definition) is 0. The molecule has 0 N–H and O–H groups in total. The summed E-state index contributed by atoms with van der Waals surface area (Å²) in [5.74, 6) is 0.812. The van der Waals surface area contributed by atoms with Crippen LogP contribution >= 0.6 is 0 Å². The molecule has 0 bridgehead atoms. The summed E-state index contributed by atoms with van der Waals surface area (Å²) >= 11 is 0. The van der Waals surface area contributed by atoms with E-state index >= 15 is 0 Å². The van der Waals surface area contributed by atoms with E-state index in [4.69, 9.17) is 0 Å². The van der Waals surface area contributed by atoms with Crippen LogP contribution in [0.2, 0.25) is 0 Å². The molecule has 0 spiro atoms. The summed E-state index contributed by atoms with van der Waals surface area (Å²) in [6.45, 7) is 23.4. The summed E-state index contributed by atoms with van der Waals surface area (Å²) in [4.78, 5) is 0. The second-order valence-corrected chi connectivity index (χ2v) is 3.50. The molecule has 0 atom stereocenters. The van der Waals surface area contributed by atoms with Crippen LogP contribution in [-0.2, 0) is 0 Å². The Hall–Kier alpha value is 0. The van der Waals surface area contributed by atoms with Crippen LogP contribution in [0, 0.1) is 11.3 Å². The number of rotatable bonds is 2. The van der Waals surface area contributed by atoms with E-state index in [-0.39, 0.29) is 0 Å². The molecule has 0 aromatic rings. The Bertz CT molecular complexity index is 60.4. The van der Waals surface area contributed by atoms with E-state index in [1.54, 1.807) is 0 Å². The van der Waals surface area contributed by atoms with Crippen LogP contribution in [0.15, 0.2) is 0 Å². The highest BCUT2D eigenvalue weighted by molar-refractivity contribution is 4.69. The summed E-state index contributed by atoms with van der Waals surface area (Å²) in [5.41, 5.74) is 0.542. The smallest absolute Gasteiger partial charge is 0.0334 e. The SMILES string of the molecule is CC.CC.CC.CCC(C)(C)C(C)C. The molecule has 0 aliphatic rings. The van der Waals surface area contributed by atoms with Crippen LogP contribution in [0.5, 0.6) is 0 Å². The molecule has 0 aliphatic carbocycles. The van der Waals surface area contributed by atoms with Gasteiger partial charge in [0.05, 0.1) is 0 Å². The zero-order chi connectivity index (χ0) is 12.8. The predicted molar refractivity (Wildman–Crippen MR) is 73.0 cm³/mol. The Kier molecular flexibility index (Phi) is 31.6. The van der Waals surface area contributed by atoms with Crippen LogP contribution in [0.4, 0.5) is 0 Å². The number of hydrogen-bond donors (Lipinski definition) is 0. The highest BCUT2D eigenvalue weighted by Gasteiger charge is 2.18. The minimum atomic E-state index is 0.542. The lowest BCUT2D eigenvalue weighted by molar-refractivity contribution is 0.240. The Balaban J connectivity index is -0.0000000708. The summed E-state index contributed by atoms with van der Waals surface area (Å²) in [5, 5.41) is 0. The third-order valence-corrected chi connectivity index (χ3v) is 2.47. The zero-order valence-electron chi connectivity index (χ0n) is 12.8. The van der Waals surface area contributed by atoms with E-state index in [9.17, 15) is 0 Å². The molecule has 14 heavy (non-hydrogen) atoms. The van der Waals surface area contributed by atoms with Crippen LogP contribution in [0.25, 0.3) is 0 Å². The van der Waals surface area contributed by atoms with E-state index in [0.29, 0.717) is 5.41 Å². The Morgan fingerprint density at radius 1 is 0.786 bits per heavy atom. The summed E-state index contributed by atoms with van der Waals surface area (Å²) in [7, 11) is 0. The van der Waals surface area contributed by atoms with Gasteiger partial charge in [-0.2, -0.15) is 0 Å². The van der Waals surface area contributed by atoms with E-state index in [2.05, 4.69) is 34.6 Å². The molecular weight excluding hydrogens is 168 g/mol. The third kappa shape index (κ3) is 17.9. The molecule has 0 aromatic heterocycles. The highest BCUT2D eigenvalue weighted by atomic mass is 14.2. The lowest BCUT2D eigenvalue weighted by Gasteiger charge is -2.27. The molecule has 0 aromatic carbocycles. The first-order chi connectivity index (χ1) is 6.50. The lowest BCUT2D eigenvalue weighted by atomic mass is 9.79. The van der Waals surface area contributed by atoms with Crippen LogP contribution < -0.4 is 0 Å². The van der Waals surface area contributed by atoms with Gasteiger partial charge in [0.15, 0.2) is 0 Å². The summed E-state index contributed by atoms with van der Waals surface area (Å²) < 4.78 is 0. The van der Waals surface area contributed by atoms with Gasteiger partial charge in [0, 0.05) is 0 Å². The van der Waals surface area contributed by atoms with Crippen molar-refractivity contribution in [3.05, 3.63) is 0 Å². The predicted octanol–water partition coefficient (Wildman–Crippen LogP) is 6.16. The molecule has 92 valence electrons. The van der Waals surface area contributed by atoms with Crippen molar-refractivity contribution >= 4 is 0 Å². The van der Waals surface area contributed by atoms with Crippen molar-refractivity contribution in [2.24, 2.45) is 11.3 Å². The van der Waals surface area contributed by atoms with Gasteiger partial charge in [-0.15, -0.1) is 0 Å². The first kappa shape index (κ1) is 23.7. The van der Waals surface area contributed by atoms with Crippen molar-refractivity contribution in [3.8, 4) is 0 Å². The van der Waals surface area contributed by atoms with Gasteiger partial charge < -0.3 is 0 Å². The van der Waals surface area contributed by atoms with Crippen molar-refractivity contribution in [1.29, 1.82) is 0 Å². The summed E-state index contributed by atoms with van der Waals surface area (Å²) in [6.07, 6.45) is 1.28. The molecule has 0 fully saturated rings. The molecule has 0 heteroatoms. The Morgan fingerprint density at radius 3 is 1.00 bits per heavy atom. The second-order valence-electron chi connectivity index (χ2n) is 3.50. The largest absolute Gasteiger partial charge is 0.0683 e.